The normalized spacial score (nSPS) is 26.4. The van der Waals surface area contributed by atoms with E-state index in [-0.39, 0.29) is 17.8 Å². The molecular formula is C18H20N2O4S. The molecule has 0 spiro atoms. The van der Waals surface area contributed by atoms with Crippen molar-refractivity contribution in [1.82, 2.24) is 0 Å². The summed E-state index contributed by atoms with van der Waals surface area (Å²) in [7, 11) is 0. The van der Waals surface area contributed by atoms with Gasteiger partial charge in [-0.25, -0.2) is 0 Å². The predicted octanol–water partition coefficient (Wildman–Crippen LogP) is 2.89. The molecule has 132 valence electrons. The summed E-state index contributed by atoms with van der Waals surface area (Å²) >= 11 is 1.25. The Morgan fingerprint density at radius 3 is 2.68 bits per heavy atom. The van der Waals surface area contributed by atoms with E-state index in [1.54, 1.807) is 11.4 Å². The highest BCUT2D eigenvalue weighted by Crippen LogP contribution is 2.40. The minimum atomic E-state index is -0.946. The highest BCUT2D eigenvalue weighted by atomic mass is 32.1. The zero-order chi connectivity index (χ0) is 18.0. The van der Waals surface area contributed by atoms with Crippen molar-refractivity contribution < 1.29 is 19.1 Å². The lowest BCUT2D eigenvalue weighted by atomic mass is 9.67. The zero-order valence-corrected chi connectivity index (χ0v) is 14.8. The van der Waals surface area contributed by atoms with E-state index in [2.05, 4.69) is 5.32 Å². The molecular weight excluding hydrogens is 340 g/mol. The van der Waals surface area contributed by atoms with Gasteiger partial charge in [-0.15, -0.1) is 11.3 Å². The van der Waals surface area contributed by atoms with Crippen LogP contribution in [0.4, 0.5) is 5.00 Å². The number of nitrogens with one attached hydrogen (secondary N) is 1. The number of thiophene rings is 1. The van der Waals surface area contributed by atoms with Gasteiger partial charge in [0, 0.05) is 11.8 Å². The SMILES string of the molecule is C[C@H](OC(=O)C1C[C@H]2CCC[C@@H](C1)C2=O)C(=O)Nc1sccc1C#N. The topological polar surface area (TPSA) is 96.3 Å². The number of hydrogen-bond donors (Lipinski definition) is 1. The largest absolute Gasteiger partial charge is 0.452 e. The van der Waals surface area contributed by atoms with Crippen LogP contribution in [0.3, 0.4) is 0 Å². The number of anilines is 1. The Labute approximate surface area is 150 Å². The number of ether oxygens (including phenoxy) is 1. The maximum absolute atomic E-state index is 12.4. The van der Waals surface area contributed by atoms with E-state index in [4.69, 9.17) is 10.00 Å². The monoisotopic (exact) mass is 360 g/mol. The van der Waals surface area contributed by atoms with E-state index in [1.165, 1.54) is 18.3 Å². The number of carbonyl (C=O) groups excluding carboxylic acids is 3. The lowest BCUT2D eigenvalue weighted by molar-refractivity contribution is -0.161. The average molecular weight is 360 g/mol. The Hall–Kier alpha value is -2.20. The molecule has 2 fully saturated rings. The van der Waals surface area contributed by atoms with Crippen molar-refractivity contribution in [2.24, 2.45) is 17.8 Å². The van der Waals surface area contributed by atoms with Gasteiger partial charge in [0.05, 0.1) is 11.5 Å². The molecule has 1 heterocycles. The summed E-state index contributed by atoms with van der Waals surface area (Å²) in [6.45, 7) is 1.52. The van der Waals surface area contributed by atoms with Crippen LogP contribution in [0.2, 0.25) is 0 Å². The minimum Gasteiger partial charge on any atom is -0.452 e. The maximum atomic E-state index is 12.4. The number of ketones is 1. The summed E-state index contributed by atoms with van der Waals surface area (Å²) in [6.07, 6.45) is 2.87. The van der Waals surface area contributed by atoms with Crippen LogP contribution in [0.15, 0.2) is 11.4 Å². The van der Waals surface area contributed by atoms with E-state index in [1.807, 2.05) is 6.07 Å². The van der Waals surface area contributed by atoms with Crippen molar-refractivity contribution in [3.05, 3.63) is 17.0 Å². The summed E-state index contributed by atoms with van der Waals surface area (Å²) in [5, 5.41) is 13.8. The van der Waals surface area contributed by atoms with Crippen LogP contribution in [0, 0.1) is 29.1 Å². The maximum Gasteiger partial charge on any atom is 0.309 e. The first-order valence-corrected chi connectivity index (χ1v) is 9.40. The summed E-state index contributed by atoms with van der Waals surface area (Å²) in [6, 6.07) is 3.61. The quantitative estimate of drug-likeness (QED) is 0.833. The molecule has 2 saturated carbocycles. The van der Waals surface area contributed by atoms with Crippen molar-refractivity contribution in [3.63, 3.8) is 0 Å². The van der Waals surface area contributed by atoms with E-state index in [0.717, 1.165) is 19.3 Å². The van der Waals surface area contributed by atoms with Gasteiger partial charge in [0.15, 0.2) is 6.10 Å². The lowest BCUT2D eigenvalue weighted by Gasteiger charge is -2.36. The van der Waals surface area contributed by atoms with E-state index < -0.39 is 18.0 Å². The van der Waals surface area contributed by atoms with Gasteiger partial charge in [0.2, 0.25) is 0 Å². The lowest BCUT2D eigenvalue weighted by Crippen LogP contribution is -2.41. The van der Waals surface area contributed by atoms with Gasteiger partial charge >= 0.3 is 5.97 Å². The highest BCUT2D eigenvalue weighted by Gasteiger charge is 2.42. The fourth-order valence-electron chi connectivity index (χ4n) is 3.70. The molecule has 0 aromatic carbocycles. The Morgan fingerprint density at radius 2 is 2.04 bits per heavy atom. The Morgan fingerprint density at radius 1 is 1.36 bits per heavy atom. The Balaban J connectivity index is 1.56. The van der Waals surface area contributed by atoms with Gasteiger partial charge in [-0.1, -0.05) is 6.42 Å². The first kappa shape index (κ1) is 17.6. The van der Waals surface area contributed by atoms with Crippen molar-refractivity contribution in [2.45, 2.75) is 45.1 Å². The molecule has 25 heavy (non-hydrogen) atoms. The average Bonchev–Trinajstić information content (AvgIpc) is 3.01. The number of fused-ring (bicyclic) bond motifs is 2. The minimum absolute atomic E-state index is 0.0292. The van der Waals surface area contributed by atoms with Crippen LogP contribution in [0.25, 0.3) is 0 Å². The van der Waals surface area contributed by atoms with Crippen molar-refractivity contribution in [1.29, 1.82) is 5.26 Å². The van der Waals surface area contributed by atoms with Crippen LogP contribution in [0.5, 0.6) is 0 Å². The molecule has 0 aliphatic heterocycles. The second-order valence-electron chi connectivity index (χ2n) is 6.74. The van der Waals surface area contributed by atoms with Crippen LogP contribution in [-0.2, 0) is 19.1 Å². The number of esters is 1. The van der Waals surface area contributed by atoms with Crippen molar-refractivity contribution in [2.75, 3.05) is 5.32 Å². The first-order chi connectivity index (χ1) is 12.0. The van der Waals surface area contributed by atoms with E-state index >= 15 is 0 Å². The Kier molecular flexibility index (Phi) is 5.19. The highest BCUT2D eigenvalue weighted by molar-refractivity contribution is 7.14. The van der Waals surface area contributed by atoms with Gasteiger partial charge < -0.3 is 10.1 Å². The van der Waals surface area contributed by atoms with E-state index in [0.29, 0.717) is 29.2 Å². The van der Waals surface area contributed by atoms with Gasteiger partial charge in [0.25, 0.3) is 5.91 Å². The van der Waals surface area contributed by atoms with Gasteiger partial charge in [0.1, 0.15) is 16.9 Å². The van der Waals surface area contributed by atoms with Crippen LogP contribution >= 0.6 is 11.3 Å². The molecule has 2 aliphatic rings. The summed E-state index contributed by atoms with van der Waals surface area (Å²) in [5.41, 5.74) is 0.385. The molecule has 2 aliphatic carbocycles. The second-order valence-corrected chi connectivity index (χ2v) is 7.66. The molecule has 1 amide bonds. The third-order valence-corrected chi connectivity index (χ3v) is 5.90. The summed E-state index contributed by atoms with van der Waals surface area (Å²) in [5.74, 6) is -0.933. The number of hydrogen-bond acceptors (Lipinski definition) is 6. The predicted molar refractivity (Wildman–Crippen MR) is 91.8 cm³/mol. The molecule has 0 radical (unpaired) electrons. The molecule has 7 heteroatoms. The fraction of sp³-hybridized carbons (Fsp3) is 0.556. The summed E-state index contributed by atoms with van der Waals surface area (Å²) in [4.78, 5) is 36.7. The van der Waals surface area contributed by atoms with E-state index in [9.17, 15) is 14.4 Å². The van der Waals surface area contributed by atoms with Crippen molar-refractivity contribution in [3.8, 4) is 6.07 Å². The standard InChI is InChI=1S/C18H20N2O4S/c1-10(16(22)20-17-13(9-19)5-6-25-17)24-18(23)14-7-11-3-2-4-12(8-14)15(11)21/h5-6,10-12,14H,2-4,7-8H2,1H3,(H,20,22)/t10-,11-,12+,14?/m0/s1. The first-order valence-electron chi connectivity index (χ1n) is 8.52. The van der Waals surface area contributed by atoms with Crippen molar-refractivity contribution >= 4 is 34.0 Å². The number of rotatable bonds is 4. The van der Waals surface area contributed by atoms with Crippen LogP contribution in [-0.4, -0.2) is 23.8 Å². The molecule has 1 aromatic heterocycles. The van der Waals surface area contributed by atoms with Crippen LogP contribution in [0.1, 0.15) is 44.6 Å². The molecule has 0 saturated heterocycles. The molecule has 1 aromatic rings. The zero-order valence-electron chi connectivity index (χ0n) is 14.0. The number of nitrogens with zero attached hydrogens (tertiary/aromatic N) is 1. The molecule has 2 bridgehead atoms. The number of amides is 1. The van der Waals surface area contributed by atoms with Gasteiger partial charge in [-0.3, -0.25) is 14.4 Å². The fourth-order valence-corrected chi connectivity index (χ4v) is 4.44. The molecule has 1 N–H and O–H groups in total. The Bertz CT molecular complexity index is 720. The molecule has 4 atom stereocenters. The summed E-state index contributed by atoms with van der Waals surface area (Å²) < 4.78 is 5.33. The number of Topliss-reactive ketones (excluding diaryl/α,β-unsaturated/α-hetero) is 1. The molecule has 6 nitrogen and oxygen atoms in total. The van der Waals surface area contributed by atoms with Gasteiger partial charge in [-0.2, -0.15) is 5.26 Å². The third kappa shape index (κ3) is 3.74. The van der Waals surface area contributed by atoms with Gasteiger partial charge in [-0.05, 0) is 44.1 Å². The third-order valence-electron chi connectivity index (χ3n) is 5.07. The van der Waals surface area contributed by atoms with Crippen LogP contribution < -0.4 is 5.32 Å². The molecule has 3 rings (SSSR count). The smallest absolute Gasteiger partial charge is 0.309 e. The molecule has 1 unspecified atom stereocenters. The second kappa shape index (κ2) is 7.36. The number of nitriles is 1. The number of carbonyl (C=O) groups is 3.